The van der Waals surface area contributed by atoms with E-state index in [1.54, 1.807) is 0 Å². The Morgan fingerprint density at radius 2 is 1.84 bits per heavy atom. The van der Waals surface area contributed by atoms with Crippen molar-refractivity contribution in [3.8, 4) is 11.3 Å². The smallest absolute Gasteiger partial charge is 0.0990 e. The zero-order chi connectivity index (χ0) is 16.6. The summed E-state index contributed by atoms with van der Waals surface area (Å²) in [5, 5.41) is 9.17. The van der Waals surface area contributed by atoms with Crippen molar-refractivity contribution in [2.75, 3.05) is 6.54 Å². The summed E-state index contributed by atoms with van der Waals surface area (Å²) in [5.41, 5.74) is 7.42. The molecule has 0 saturated heterocycles. The standard InChI is InChI=1S/C21H20N4/c1-2-6-15(7-3-1)13-25-11-10-20-18(14-25)21(24-23-20)17-12-22-19-9-5-4-8-16(17)19/h1-9,12,22H,10-11,13-14H2,(H,23,24). The average molecular weight is 328 g/mol. The molecule has 1 aliphatic rings. The van der Waals surface area contributed by atoms with Gasteiger partial charge in [-0.3, -0.25) is 10.00 Å². The van der Waals surface area contributed by atoms with Gasteiger partial charge in [0.25, 0.3) is 0 Å². The second kappa shape index (κ2) is 5.90. The second-order valence-corrected chi connectivity index (χ2v) is 6.72. The summed E-state index contributed by atoms with van der Waals surface area (Å²) in [7, 11) is 0. The van der Waals surface area contributed by atoms with Gasteiger partial charge < -0.3 is 4.98 Å². The molecule has 4 nitrogen and oxygen atoms in total. The fraction of sp³-hybridized carbons (Fsp3) is 0.190. The van der Waals surface area contributed by atoms with Crippen molar-refractivity contribution in [2.45, 2.75) is 19.5 Å². The van der Waals surface area contributed by atoms with Gasteiger partial charge in [-0.15, -0.1) is 0 Å². The van der Waals surface area contributed by atoms with Gasteiger partial charge >= 0.3 is 0 Å². The number of fused-ring (bicyclic) bond motifs is 2. The summed E-state index contributed by atoms with van der Waals surface area (Å²) in [6, 6.07) is 19.1. The highest BCUT2D eigenvalue weighted by molar-refractivity contribution is 5.95. The second-order valence-electron chi connectivity index (χ2n) is 6.72. The minimum Gasteiger partial charge on any atom is -0.360 e. The molecule has 2 aromatic carbocycles. The number of benzene rings is 2. The van der Waals surface area contributed by atoms with Crippen LogP contribution in [0.5, 0.6) is 0 Å². The van der Waals surface area contributed by atoms with E-state index in [0.29, 0.717) is 0 Å². The fourth-order valence-corrected chi connectivity index (χ4v) is 3.82. The molecule has 25 heavy (non-hydrogen) atoms. The molecule has 0 amide bonds. The lowest BCUT2D eigenvalue weighted by Crippen LogP contribution is -2.29. The van der Waals surface area contributed by atoms with E-state index >= 15 is 0 Å². The van der Waals surface area contributed by atoms with Crippen molar-refractivity contribution in [2.24, 2.45) is 0 Å². The minimum atomic E-state index is 0.940. The molecule has 4 heteroatoms. The van der Waals surface area contributed by atoms with Crippen LogP contribution in [0, 0.1) is 0 Å². The first-order valence-corrected chi connectivity index (χ1v) is 8.77. The summed E-state index contributed by atoms with van der Waals surface area (Å²) in [6.07, 6.45) is 3.11. The number of hydrogen-bond acceptors (Lipinski definition) is 2. The van der Waals surface area contributed by atoms with E-state index in [2.05, 4.69) is 80.9 Å². The molecule has 124 valence electrons. The molecule has 3 heterocycles. The molecule has 0 saturated carbocycles. The van der Waals surface area contributed by atoms with Gasteiger partial charge in [0.2, 0.25) is 0 Å². The molecule has 0 spiro atoms. The van der Waals surface area contributed by atoms with E-state index in [9.17, 15) is 0 Å². The normalized spacial score (nSPS) is 14.7. The van der Waals surface area contributed by atoms with Gasteiger partial charge in [0.15, 0.2) is 0 Å². The topological polar surface area (TPSA) is 47.7 Å². The number of hydrogen-bond donors (Lipinski definition) is 2. The van der Waals surface area contributed by atoms with Gasteiger partial charge in [0, 0.05) is 60.0 Å². The van der Waals surface area contributed by atoms with Crippen LogP contribution in [0.1, 0.15) is 16.8 Å². The zero-order valence-electron chi connectivity index (χ0n) is 14.0. The number of aromatic nitrogens is 3. The Morgan fingerprint density at radius 3 is 2.76 bits per heavy atom. The van der Waals surface area contributed by atoms with Crippen molar-refractivity contribution in [1.29, 1.82) is 0 Å². The molecule has 0 atom stereocenters. The van der Waals surface area contributed by atoms with Crippen LogP contribution in [0.3, 0.4) is 0 Å². The fourth-order valence-electron chi connectivity index (χ4n) is 3.82. The zero-order valence-corrected chi connectivity index (χ0v) is 14.0. The molecular formula is C21H20N4. The van der Waals surface area contributed by atoms with Crippen molar-refractivity contribution >= 4 is 10.9 Å². The predicted octanol–water partition coefficient (Wildman–Crippen LogP) is 4.12. The number of nitrogens with zero attached hydrogens (tertiary/aromatic N) is 2. The third-order valence-electron chi connectivity index (χ3n) is 5.11. The maximum Gasteiger partial charge on any atom is 0.0990 e. The highest BCUT2D eigenvalue weighted by atomic mass is 15.2. The third kappa shape index (κ3) is 2.55. The Bertz CT molecular complexity index is 1010. The van der Waals surface area contributed by atoms with E-state index in [4.69, 9.17) is 0 Å². The van der Waals surface area contributed by atoms with Crippen molar-refractivity contribution in [1.82, 2.24) is 20.1 Å². The molecule has 0 unspecified atom stereocenters. The number of aromatic amines is 2. The number of nitrogens with one attached hydrogen (secondary N) is 2. The Balaban J connectivity index is 1.49. The molecule has 5 rings (SSSR count). The Morgan fingerprint density at radius 1 is 1.00 bits per heavy atom. The summed E-state index contributed by atoms with van der Waals surface area (Å²) < 4.78 is 0. The van der Waals surface area contributed by atoms with Crippen LogP contribution in [-0.2, 0) is 19.5 Å². The largest absolute Gasteiger partial charge is 0.360 e. The maximum absolute atomic E-state index is 4.66. The Labute approximate surface area is 146 Å². The lowest BCUT2D eigenvalue weighted by atomic mass is 10.00. The first-order valence-electron chi connectivity index (χ1n) is 8.77. The lowest BCUT2D eigenvalue weighted by molar-refractivity contribution is 0.245. The van der Waals surface area contributed by atoms with Crippen LogP contribution in [0.15, 0.2) is 60.8 Å². The van der Waals surface area contributed by atoms with E-state index in [1.165, 1.54) is 27.8 Å². The summed E-state index contributed by atoms with van der Waals surface area (Å²) in [5.74, 6) is 0. The van der Waals surface area contributed by atoms with Gasteiger partial charge in [-0.2, -0.15) is 5.10 Å². The van der Waals surface area contributed by atoms with Gasteiger partial charge in [-0.25, -0.2) is 0 Å². The molecule has 0 aliphatic carbocycles. The molecule has 0 fully saturated rings. The van der Waals surface area contributed by atoms with Crippen molar-refractivity contribution in [3.05, 3.63) is 77.6 Å². The average Bonchev–Trinajstić information content (AvgIpc) is 3.26. The van der Waals surface area contributed by atoms with Crippen LogP contribution < -0.4 is 0 Å². The summed E-state index contributed by atoms with van der Waals surface area (Å²) in [4.78, 5) is 5.87. The number of para-hydroxylation sites is 1. The van der Waals surface area contributed by atoms with Crippen LogP contribution in [0.4, 0.5) is 0 Å². The van der Waals surface area contributed by atoms with Crippen LogP contribution in [-0.4, -0.2) is 26.6 Å². The van der Waals surface area contributed by atoms with Crippen LogP contribution >= 0.6 is 0 Å². The first kappa shape index (κ1) is 14.5. The summed E-state index contributed by atoms with van der Waals surface area (Å²) >= 11 is 0. The summed E-state index contributed by atoms with van der Waals surface area (Å²) in [6.45, 7) is 2.99. The highest BCUT2D eigenvalue weighted by Gasteiger charge is 2.24. The van der Waals surface area contributed by atoms with Gasteiger partial charge in [-0.05, 0) is 11.6 Å². The minimum absolute atomic E-state index is 0.940. The van der Waals surface area contributed by atoms with Crippen LogP contribution in [0.25, 0.3) is 22.2 Å². The molecule has 2 N–H and O–H groups in total. The van der Waals surface area contributed by atoms with E-state index in [1.807, 2.05) is 0 Å². The molecule has 1 aliphatic heterocycles. The molecule has 0 bridgehead atoms. The predicted molar refractivity (Wildman–Crippen MR) is 100 cm³/mol. The molecule has 2 aromatic heterocycles. The maximum atomic E-state index is 4.66. The van der Waals surface area contributed by atoms with Gasteiger partial charge in [0.05, 0.1) is 5.69 Å². The number of rotatable bonds is 3. The molecule has 0 radical (unpaired) electrons. The number of H-pyrrole nitrogens is 2. The Hall–Kier alpha value is -2.85. The quantitative estimate of drug-likeness (QED) is 0.594. The van der Waals surface area contributed by atoms with Crippen molar-refractivity contribution in [3.63, 3.8) is 0 Å². The Kier molecular flexibility index (Phi) is 3.42. The molecular weight excluding hydrogens is 308 g/mol. The van der Waals surface area contributed by atoms with Crippen LogP contribution in [0.2, 0.25) is 0 Å². The lowest BCUT2D eigenvalue weighted by Gasteiger charge is -2.27. The van der Waals surface area contributed by atoms with Gasteiger partial charge in [-0.1, -0.05) is 48.5 Å². The van der Waals surface area contributed by atoms with E-state index in [-0.39, 0.29) is 0 Å². The molecule has 4 aromatic rings. The third-order valence-corrected chi connectivity index (χ3v) is 5.11. The highest BCUT2D eigenvalue weighted by Crippen LogP contribution is 2.33. The van der Waals surface area contributed by atoms with Crippen molar-refractivity contribution < 1.29 is 0 Å². The van der Waals surface area contributed by atoms with Gasteiger partial charge in [0.1, 0.15) is 0 Å². The SMILES string of the molecule is c1ccc(CN2CCc3[nH]nc(-c4c[nH]c5ccccc45)c3C2)cc1. The monoisotopic (exact) mass is 328 g/mol. The van der Waals surface area contributed by atoms with E-state index in [0.717, 1.165) is 37.3 Å². The van der Waals surface area contributed by atoms with E-state index < -0.39 is 0 Å². The first-order chi connectivity index (χ1) is 12.4.